The second kappa shape index (κ2) is 7.59. The van der Waals surface area contributed by atoms with Gasteiger partial charge in [-0.15, -0.1) is 0 Å². The average molecular weight is 246 g/mol. The number of hydrogen-bond donors (Lipinski definition) is 1. The Kier molecular flexibility index (Phi) is 6.06. The van der Waals surface area contributed by atoms with E-state index in [0.29, 0.717) is 12.4 Å². The first-order valence-corrected chi connectivity index (χ1v) is 6.43. The highest BCUT2D eigenvalue weighted by molar-refractivity contribution is 5.57. The van der Waals surface area contributed by atoms with Crippen LogP contribution in [0.4, 0.5) is 0 Å². The number of ether oxygens (including phenoxy) is 1. The lowest BCUT2D eigenvalue weighted by Gasteiger charge is -2.08. The minimum atomic E-state index is 0.193. The number of phenolic OH excluding ortho intramolecular Hbond substituents is 1. The Morgan fingerprint density at radius 1 is 1.39 bits per heavy atom. The maximum absolute atomic E-state index is 9.70. The number of hydrogen-bond acceptors (Lipinski definition) is 2. The van der Waals surface area contributed by atoms with Crippen LogP contribution in [-0.2, 0) is 0 Å². The van der Waals surface area contributed by atoms with Gasteiger partial charge in [-0.1, -0.05) is 50.1 Å². The van der Waals surface area contributed by atoms with Crippen molar-refractivity contribution in [3.8, 4) is 11.5 Å². The topological polar surface area (TPSA) is 29.5 Å². The lowest BCUT2D eigenvalue weighted by Crippen LogP contribution is -1.97. The van der Waals surface area contributed by atoms with Gasteiger partial charge in [0.1, 0.15) is 0 Å². The summed E-state index contributed by atoms with van der Waals surface area (Å²) in [5.41, 5.74) is 2.00. The van der Waals surface area contributed by atoms with Crippen molar-refractivity contribution in [2.75, 3.05) is 6.61 Å². The monoisotopic (exact) mass is 246 g/mol. The standard InChI is InChI=1S/C16H22O2/c1-4-5-6-11-18-16-12-14(8-7-13(2)3)9-10-15(16)17/h7-10,12,17H,2,4-6,11H2,1,3H3/b8-7+. The van der Waals surface area contributed by atoms with Crippen LogP contribution < -0.4 is 4.74 Å². The van der Waals surface area contributed by atoms with E-state index in [1.165, 1.54) is 0 Å². The zero-order valence-corrected chi connectivity index (χ0v) is 11.3. The number of allylic oxidation sites excluding steroid dienone is 2. The van der Waals surface area contributed by atoms with Gasteiger partial charge >= 0.3 is 0 Å². The third-order valence-corrected chi connectivity index (χ3v) is 2.55. The van der Waals surface area contributed by atoms with Gasteiger partial charge in [0.05, 0.1) is 6.61 Å². The molecule has 2 nitrogen and oxygen atoms in total. The van der Waals surface area contributed by atoms with Crippen LogP contribution in [0.3, 0.4) is 0 Å². The van der Waals surface area contributed by atoms with Crippen LogP contribution in [0.5, 0.6) is 11.5 Å². The van der Waals surface area contributed by atoms with Gasteiger partial charge in [-0.25, -0.2) is 0 Å². The summed E-state index contributed by atoms with van der Waals surface area (Å²) in [5, 5.41) is 9.70. The predicted octanol–water partition coefficient (Wildman–Crippen LogP) is 4.55. The third kappa shape index (κ3) is 5.09. The summed E-state index contributed by atoms with van der Waals surface area (Å²) in [4.78, 5) is 0. The summed E-state index contributed by atoms with van der Waals surface area (Å²) in [6.45, 7) is 8.56. The fraction of sp³-hybridized carbons (Fsp3) is 0.375. The van der Waals surface area contributed by atoms with Crippen LogP contribution in [0, 0.1) is 0 Å². The van der Waals surface area contributed by atoms with Gasteiger partial charge in [0, 0.05) is 0 Å². The minimum Gasteiger partial charge on any atom is -0.504 e. The molecular weight excluding hydrogens is 224 g/mol. The zero-order valence-electron chi connectivity index (χ0n) is 11.3. The van der Waals surface area contributed by atoms with Crippen molar-refractivity contribution in [3.05, 3.63) is 42.0 Å². The summed E-state index contributed by atoms with van der Waals surface area (Å²) in [6, 6.07) is 5.36. The van der Waals surface area contributed by atoms with Crippen molar-refractivity contribution in [1.82, 2.24) is 0 Å². The van der Waals surface area contributed by atoms with Gasteiger partial charge in [0.2, 0.25) is 0 Å². The molecule has 0 unspecified atom stereocenters. The Hall–Kier alpha value is -1.70. The Labute approximate surface area is 110 Å². The Morgan fingerprint density at radius 3 is 2.83 bits per heavy atom. The Morgan fingerprint density at radius 2 is 2.17 bits per heavy atom. The van der Waals surface area contributed by atoms with Crippen molar-refractivity contribution in [2.45, 2.75) is 33.1 Å². The molecule has 0 bridgehead atoms. The molecule has 98 valence electrons. The van der Waals surface area contributed by atoms with E-state index in [1.807, 2.05) is 31.2 Å². The number of unbranched alkanes of at least 4 members (excludes halogenated alkanes) is 2. The molecule has 1 N–H and O–H groups in total. The van der Waals surface area contributed by atoms with Crippen molar-refractivity contribution in [2.24, 2.45) is 0 Å². The first kappa shape index (κ1) is 14.4. The SMILES string of the molecule is C=C(C)/C=C/c1ccc(O)c(OCCCCC)c1. The molecule has 0 fully saturated rings. The summed E-state index contributed by atoms with van der Waals surface area (Å²) in [5.74, 6) is 0.744. The average Bonchev–Trinajstić information content (AvgIpc) is 2.35. The van der Waals surface area contributed by atoms with Gasteiger partial charge in [0.25, 0.3) is 0 Å². The summed E-state index contributed by atoms with van der Waals surface area (Å²) in [6.07, 6.45) is 7.22. The van der Waals surface area contributed by atoms with E-state index in [0.717, 1.165) is 30.4 Å². The molecule has 18 heavy (non-hydrogen) atoms. The molecule has 0 saturated carbocycles. The number of rotatable bonds is 7. The van der Waals surface area contributed by atoms with Crippen LogP contribution in [-0.4, -0.2) is 11.7 Å². The van der Waals surface area contributed by atoms with Crippen molar-refractivity contribution in [1.29, 1.82) is 0 Å². The van der Waals surface area contributed by atoms with Gasteiger partial charge in [-0.05, 0) is 31.0 Å². The molecule has 0 aliphatic heterocycles. The van der Waals surface area contributed by atoms with E-state index < -0.39 is 0 Å². The quantitative estimate of drug-likeness (QED) is 0.565. The van der Waals surface area contributed by atoms with E-state index in [9.17, 15) is 5.11 Å². The summed E-state index contributed by atoms with van der Waals surface area (Å²) >= 11 is 0. The molecule has 2 heteroatoms. The highest BCUT2D eigenvalue weighted by Gasteiger charge is 2.02. The minimum absolute atomic E-state index is 0.193. The van der Waals surface area contributed by atoms with Gasteiger partial charge in [0.15, 0.2) is 11.5 Å². The highest BCUT2D eigenvalue weighted by atomic mass is 16.5. The molecule has 1 aromatic rings. The number of benzene rings is 1. The Bertz CT molecular complexity index is 419. The normalized spacial score (nSPS) is 10.8. The van der Waals surface area contributed by atoms with Crippen molar-refractivity contribution < 1.29 is 9.84 Å². The molecule has 1 rings (SSSR count). The number of phenols is 1. The molecule has 0 spiro atoms. The second-order valence-corrected chi connectivity index (χ2v) is 4.46. The second-order valence-electron chi connectivity index (χ2n) is 4.46. The molecule has 0 aliphatic rings. The van der Waals surface area contributed by atoms with Crippen LogP contribution in [0.15, 0.2) is 36.4 Å². The van der Waals surface area contributed by atoms with E-state index in [4.69, 9.17) is 4.74 Å². The van der Waals surface area contributed by atoms with E-state index >= 15 is 0 Å². The van der Waals surface area contributed by atoms with Crippen LogP contribution in [0.1, 0.15) is 38.7 Å². The van der Waals surface area contributed by atoms with Crippen LogP contribution >= 0.6 is 0 Å². The van der Waals surface area contributed by atoms with Crippen molar-refractivity contribution in [3.63, 3.8) is 0 Å². The molecule has 1 aromatic carbocycles. The third-order valence-electron chi connectivity index (χ3n) is 2.55. The first-order chi connectivity index (χ1) is 8.63. The van der Waals surface area contributed by atoms with Gasteiger partial charge in [-0.2, -0.15) is 0 Å². The molecule has 0 atom stereocenters. The molecule has 0 saturated heterocycles. The zero-order chi connectivity index (χ0) is 13.4. The smallest absolute Gasteiger partial charge is 0.161 e. The first-order valence-electron chi connectivity index (χ1n) is 6.43. The lowest BCUT2D eigenvalue weighted by molar-refractivity contribution is 0.290. The van der Waals surface area contributed by atoms with Gasteiger partial charge < -0.3 is 9.84 Å². The van der Waals surface area contributed by atoms with E-state index in [2.05, 4.69) is 13.5 Å². The summed E-state index contributed by atoms with van der Waals surface area (Å²) < 4.78 is 5.58. The molecule has 0 heterocycles. The predicted molar refractivity (Wildman–Crippen MR) is 77.0 cm³/mol. The molecule has 0 amide bonds. The Balaban J connectivity index is 2.66. The largest absolute Gasteiger partial charge is 0.504 e. The van der Waals surface area contributed by atoms with Gasteiger partial charge in [-0.3, -0.25) is 0 Å². The molecular formula is C16H22O2. The number of aromatic hydroxyl groups is 1. The molecule has 0 radical (unpaired) electrons. The molecule has 0 aliphatic carbocycles. The fourth-order valence-corrected chi connectivity index (χ4v) is 1.52. The maximum Gasteiger partial charge on any atom is 0.161 e. The molecule has 0 aromatic heterocycles. The van der Waals surface area contributed by atoms with Crippen molar-refractivity contribution >= 4 is 6.08 Å². The van der Waals surface area contributed by atoms with Crippen LogP contribution in [0.25, 0.3) is 6.08 Å². The van der Waals surface area contributed by atoms with Crippen LogP contribution in [0.2, 0.25) is 0 Å². The fourth-order valence-electron chi connectivity index (χ4n) is 1.52. The summed E-state index contributed by atoms with van der Waals surface area (Å²) in [7, 11) is 0. The van der Waals surface area contributed by atoms with E-state index in [-0.39, 0.29) is 5.75 Å². The lowest BCUT2D eigenvalue weighted by atomic mass is 10.1. The van der Waals surface area contributed by atoms with E-state index in [1.54, 1.807) is 6.07 Å². The highest BCUT2D eigenvalue weighted by Crippen LogP contribution is 2.27. The maximum atomic E-state index is 9.70.